The van der Waals surface area contributed by atoms with Crippen molar-refractivity contribution in [2.24, 2.45) is 5.92 Å². The Hall–Kier alpha value is -8.72. The Bertz CT molecular complexity index is 4420. The highest BCUT2D eigenvalue weighted by Gasteiger charge is 2.42. The van der Waals surface area contributed by atoms with Gasteiger partial charge in [-0.2, -0.15) is 0 Å². The van der Waals surface area contributed by atoms with Crippen molar-refractivity contribution < 1.29 is 0 Å². The lowest BCUT2D eigenvalue weighted by Crippen LogP contribution is -2.14. The third-order valence-electron chi connectivity index (χ3n) is 17.5. The van der Waals surface area contributed by atoms with Crippen molar-refractivity contribution in [1.82, 2.24) is 9.13 Å². The fraction of sp³-hybridized carbons (Fsp3) is 0.123. The molecule has 1 atom stereocenters. The van der Waals surface area contributed by atoms with Crippen molar-refractivity contribution in [3.8, 4) is 72.7 Å². The van der Waals surface area contributed by atoms with Crippen LogP contribution in [0.5, 0.6) is 0 Å². The monoisotopic (exact) mass is 960 g/mol. The third-order valence-corrected chi connectivity index (χ3v) is 17.5. The molecular weight excluding hydrogens is 905 g/mol. The van der Waals surface area contributed by atoms with Crippen molar-refractivity contribution in [2.75, 3.05) is 0 Å². The minimum Gasteiger partial charge on any atom is -0.312 e. The molecule has 0 aliphatic heterocycles. The summed E-state index contributed by atoms with van der Waals surface area (Å²) in [5.74, 6) is 0.412. The van der Waals surface area contributed by atoms with Gasteiger partial charge in [0.25, 0.3) is 0 Å². The van der Waals surface area contributed by atoms with Crippen molar-refractivity contribution >= 4 is 49.0 Å². The van der Waals surface area contributed by atoms with E-state index >= 15 is 0 Å². The summed E-state index contributed by atoms with van der Waals surface area (Å²) in [4.78, 5) is 0. The van der Waals surface area contributed by atoms with Crippen molar-refractivity contribution in [2.45, 2.75) is 51.9 Å². The number of aromatic nitrogens is 2. The number of rotatable bonds is 6. The van der Waals surface area contributed by atoms with Crippen LogP contribution in [0.15, 0.2) is 231 Å². The van der Waals surface area contributed by atoms with E-state index in [4.69, 9.17) is 0 Å². The molecule has 0 N–H and O–H groups in total. The minimum absolute atomic E-state index is 0.157. The van der Waals surface area contributed by atoms with E-state index in [-0.39, 0.29) is 10.8 Å². The highest BCUT2D eigenvalue weighted by molar-refractivity contribution is 6.22. The minimum atomic E-state index is -0.169. The SMILES string of the molecule is CC1CC=CC=C1n1c2c(c3cc(-c4ccc5c(-c6ccccc6)c6cc(-c7ccc8c(c7)c7c(n8-c8ccccc8)-c8ccccc8C7(C)C)ccc6c(-c6ccccc6)c5c4)ccc31)C(C)(C)c1ccccc1-2. The molecule has 2 heteroatoms. The number of fused-ring (bicyclic) bond motifs is 12. The van der Waals surface area contributed by atoms with Crippen LogP contribution in [0.25, 0.3) is 122 Å². The summed E-state index contributed by atoms with van der Waals surface area (Å²) < 4.78 is 5.10. The van der Waals surface area contributed by atoms with E-state index in [9.17, 15) is 0 Å². The molecule has 2 nitrogen and oxygen atoms in total. The van der Waals surface area contributed by atoms with Crippen LogP contribution >= 0.6 is 0 Å². The van der Waals surface area contributed by atoms with Gasteiger partial charge in [0.2, 0.25) is 0 Å². The Morgan fingerprint density at radius 2 is 0.800 bits per heavy atom. The zero-order valence-electron chi connectivity index (χ0n) is 43.1. The second-order valence-corrected chi connectivity index (χ2v) is 22.4. The summed E-state index contributed by atoms with van der Waals surface area (Å²) in [6.07, 6.45) is 7.94. The number of hydrogen-bond donors (Lipinski definition) is 0. The molecule has 3 aliphatic carbocycles. The molecule has 3 aliphatic rings. The summed E-state index contributed by atoms with van der Waals surface area (Å²) in [7, 11) is 0. The Morgan fingerprint density at radius 1 is 0.387 bits per heavy atom. The Morgan fingerprint density at radius 3 is 1.29 bits per heavy atom. The van der Waals surface area contributed by atoms with Crippen molar-refractivity contribution in [3.63, 3.8) is 0 Å². The normalized spacial score (nSPS) is 15.9. The molecule has 2 heterocycles. The lowest BCUT2D eigenvalue weighted by molar-refractivity contribution is 0.665. The standard InChI is InChI=1S/C73H56N2/c1-45-21-15-20-32-63(45)75-65-40-36-51(44-60(65)69-71(75)56-29-17-19-31-62(56)73(69,4)5)49-34-38-54-58(42-49)67(47-24-11-7-12-25-47)53-37-33-48(41-57(53)66(54)46-22-9-6-10-23-46)50-35-39-64-59(43-50)68-70(74(64)52-26-13-8-14-27-52)55-28-16-18-30-61(55)72(68,2)3/h6-20,22-45H,21H2,1-5H3. The average molecular weight is 961 g/mol. The maximum Gasteiger partial charge on any atom is 0.0584 e. The predicted molar refractivity (Wildman–Crippen MR) is 318 cm³/mol. The maximum absolute atomic E-state index is 2.60. The molecule has 0 fully saturated rings. The van der Waals surface area contributed by atoms with Crippen LogP contribution in [-0.2, 0) is 10.8 Å². The molecule has 358 valence electrons. The van der Waals surface area contributed by atoms with Gasteiger partial charge in [-0.15, -0.1) is 0 Å². The van der Waals surface area contributed by atoms with Gasteiger partial charge in [0.15, 0.2) is 0 Å². The second kappa shape index (κ2) is 16.1. The molecule has 0 amide bonds. The summed E-state index contributed by atoms with van der Waals surface area (Å²) >= 11 is 0. The van der Waals surface area contributed by atoms with Crippen LogP contribution < -0.4 is 0 Å². The van der Waals surface area contributed by atoms with Gasteiger partial charge in [0.05, 0.1) is 22.4 Å². The van der Waals surface area contributed by atoms with E-state index in [1.54, 1.807) is 0 Å². The molecule has 0 spiro atoms. The Kier molecular flexibility index (Phi) is 9.43. The molecule has 0 bridgehead atoms. The van der Waals surface area contributed by atoms with Crippen molar-refractivity contribution in [1.29, 1.82) is 0 Å². The molecule has 15 rings (SSSR count). The van der Waals surface area contributed by atoms with Gasteiger partial charge in [-0.25, -0.2) is 0 Å². The number of allylic oxidation sites excluding steroid dienone is 4. The van der Waals surface area contributed by atoms with Gasteiger partial charge in [-0.05, 0) is 149 Å². The summed E-state index contributed by atoms with van der Waals surface area (Å²) in [6.45, 7) is 12.0. The van der Waals surface area contributed by atoms with Crippen LogP contribution in [0.3, 0.4) is 0 Å². The quantitative estimate of drug-likeness (QED) is 0.147. The maximum atomic E-state index is 2.60. The lowest BCUT2D eigenvalue weighted by Gasteiger charge is -2.23. The first-order valence-corrected chi connectivity index (χ1v) is 26.8. The van der Waals surface area contributed by atoms with Crippen LogP contribution in [0.1, 0.15) is 63.3 Å². The Balaban J connectivity index is 0.955. The molecule has 10 aromatic carbocycles. The van der Waals surface area contributed by atoms with Gasteiger partial charge in [-0.3, -0.25) is 0 Å². The van der Waals surface area contributed by atoms with Gasteiger partial charge < -0.3 is 9.13 Å². The van der Waals surface area contributed by atoms with Gasteiger partial charge >= 0.3 is 0 Å². The van der Waals surface area contributed by atoms with Gasteiger partial charge in [0, 0.05) is 50.0 Å². The first kappa shape index (κ1) is 43.8. The predicted octanol–water partition coefficient (Wildman–Crippen LogP) is 19.6. The number of para-hydroxylation sites is 1. The third kappa shape index (κ3) is 6.26. The zero-order chi connectivity index (χ0) is 50.3. The number of nitrogens with zero attached hydrogens (tertiary/aromatic N) is 2. The number of benzene rings is 10. The largest absolute Gasteiger partial charge is 0.312 e. The second-order valence-electron chi connectivity index (χ2n) is 22.4. The molecule has 2 aromatic heterocycles. The van der Waals surface area contributed by atoms with Crippen LogP contribution in [0.4, 0.5) is 0 Å². The Labute approximate surface area is 439 Å². The van der Waals surface area contributed by atoms with E-state index in [2.05, 4.69) is 274 Å². The number of hydrogen-bond acceptors (Lipinski definition) is 0. The van der Waals surface area contributed by atoms with Crippen LogP contribution in [-0.4, -0.2) is 9.13 Å². The fourth-order valence-corrected chi connectivity index (χ4v) is 14.0. The molecule has 0 saturated carbocycles. The average Bonchev–Trinajstić information content (AvgIpc) is 4.30. The topological polar surface area (TPSA) is 9.86 Å². The van der Waals surface area contributed by atoms with Crippen LogP contribution in [0, 0.1) is 5.92 Å². The van der Waals surface area contributed by atoms with E-state index in [0.717, 1.165) is 6.42 Å². The first-order chi connectivity index (χ1) is 36.7. The summed E-state index contributed by atoms with van der Waals surface area (Å²) in [6, 6.07) is 80.1. The first-order valence-electron chi connectivity index (χ1n) is 26.8. The smallest absolute Gasteiger partial charge is 0.0584 e. The van der Waals surface area contributed by atoms with E-state index in [1.807, 2.05) is 0 Å². The molecule has 0 saturated heterocycles. The van der Waals surface area contributed by atoms with Gasteiger partial charge in [0.1, 0.15) is 0 Å². The van der Waals surface area contributed by atoms with E-state index in [0.29, 0.717) is 5.92 Å². The highest BCUT2D eigenvalue weighted by Crippen LogP contribution is 2.57. The van der Waals surface area contributed by atoms with Crippen LogP contribution in [0.2, 0.25) is 0 Å². The van der Waals surface area contributed by atoms with E-state index in [1.165, 1.54) is 144 Å². The molecule has 75 heavy (non-hydrogen) atoms. The van der Waals surface area contributed by atoms with Gasteiger partial charge in [-0.1, -0.05) is 211 Å². The lowest BCUT2D eigenvalue weighted by atomic mass is 9.81. The zero-order valence-corrected chi connectivity index (χ0v) is 43.1. The van der Waals surface area contributed by atoms with Crippen molar-refractivity contribution in [3.05, 3.63) is 253 Å². The highest BCUT2D eigenvalue weighted by atomic mass is 15.0. The summed E-state index contributed by atoms with van der Waals surface area (Å²) in [5.41, 5.74) is 25.5. The molecule has 0 radical (unpaired) electrons. The molecular formula is C73H56N2. The van der Waals surface area contributed by atoms with E-state index < -0.39 is 0 Å². The molecule has 12 aromatic rings. The summed E-state index contributed by atoms with van der Waals surface area (Å²) in [5, 5.41) is 7.63. The fourth-order valence-electron chi connectivity index (χ4n) is 14.0. The molecule has 1 unspecified atom stereocenters.